The molecule has 0 radical (unpaired) electrons. The highest BCUT2D eigenvalue weighted by atomic mass is 16.5. The minimum atomic E-state index is -0.965. The van der Waals surface area contributed by atoms with Gasteiger partial charge >= 0.3 is 5.97 Å². The lowest BCUT2D eigenvalue weighted by Gasteiger charge is -2.18. The molecular formula is C15H20N2O4. The highest BCUT2D eigenvalue weighted by molar-refractivity contribution is 5.94. The van der Waals surface area contributed by atoms with E-state index in [0.29, 0.717) is 29.7 Å². The second-order valence-corrected chi connectivity index (χ2v) is 4.93. The fourth-order valence-electron chi connectivity index (χ4n) is 2.22. The molecule has 6 nitrogen and oxygen atoms in total. The summed E-state index contributed by atoms with van der Waals surface area (Å²) in [7, 11) is 3.11. The van der Waals surface area contributed by atoms with E-state index in [9.17, 15) is 15.0 Å². The third-order valence-electron chi connectivity index (χ3n) is 3.45. The van der Waals surface area contributed by atoms with Crippen LogP contribution in [0.4, 0.5) is 0 Å². The molecule has 0 aliphatic rings. The number of rotatable bonds is 6. The molecule has 6 heteroatoms. The second-order valence-electron chi connectivity index (χ2n) is 4.93. The first-order chi connectivity index (χ1) is 10.1. The Morgan fingerprint density at radius 2 is 2.14 bits per heavy atom. The van der Waals surface area contributed by atoms with Gasteiger partial charge in [-0.15, -0.1) is 0 Å². The predicted molar refractivity (Wildman–Crippen MR) is 79.1 cm³/mol. The molecule has 0 fully saturated rings. The number of ether oxygens (including phenoxy) is 1. The van der Waals surface area contributed by atoms with Crippen LogP contribution in [0.25, 0.3) is 10.9 Å². The number of H-pyrrole nitrogens is 1. The molecule has 2 unspecified atom stereocenters. The van der Waals surface area contributed by atoms with E-state index in [-0.39, 0.29) is 0 Å². The van der Waals surface area contributed by atoms with Gasteiger partial charge in [-0.25, -0.2) is 4.79 Å². The zero-order chi connectivity index (χ0) is 15.4. The molecule has 0 spiro atoms. The number of carbonyl (C=O) groups is 1. The zero-order valence-corrected chi connectivity index (χ0v) is 12.1. The van der Waals surface area contributed by atoms with Crippen LogP contribution in [0, 0.1) is 0 Å². The molecule has 4 N–H and O–H groups in total. The van der Waals surface area contributed by atoms with Gasteiger partial charge in [-0.1, -0.05) is 12.1 Å². The Bertz CT molecular complexity index is 623. The molecule has 2 aromatic rings. The van der Waals surface area contributed by atoms with Crippen molar-refractivity contribution in [3.8, 4) is 0 Å². The Hall–Kier alpha value is -1.89. The monoisotopic (exact) mass is 292 g/mol. The maximum atomic E-state index is 11.5. The average Bonchev–Trinajstić information content (AvgIpc) is 2.93. The number of benzene rings is 1. The number of aliphatic hydroxyl groups is 2. The number of fused-ring (bicyclic) bond motifs is 1. The normalized spacial score (nSPS) is 14.1. The van der Waals surface area contributed by atoms with Gasteiger partial charge < -0.3 is 25.3 Å². The van der Waals surface area contributed by atoms with Crippen molar-refractivity contribution in [2.24, 2.45) is 0 Å². The van der Waals surface area contributed by atoms with E-state index in [1.54, 1.807) is 31.3 Å². The van der Waals surface area contributed by atoms with E-state index in [1.165, 1.54) is 7.11 Å². The summed E-state index contributed by atoms with van der Waals surface area (Å²) in [6, 6.07) is 6.95. The van der Waals surface area contributed by atoms with E-state index in [1.807, 2.05) is 0 Å². The Kier molecular flexibility index (Phi) is 4.95. The molecule has 2 atom stereocenters. The number of aromatic amines is 1. The van der Waals surface area contributed by atoms with Crippen molar-refractivity contribution in [1.29, 1.82) is 0 Å². The number of nitrogens with one attached hydrogen (secondary N) is 2. The van der Waals surface area contributed by atoms with E-state index >= 15 is 0 Å². The van der Waals surface area contributed by atoms with Crippen molar-refractivity contribution in [1.82, 2.24) is 10.3 Å². The van der Waals surface area contributed by atoms with Gasteiger partial charge in [0, 0.05) is 10.9 Å². The van der Waals surface area contributed by atoms with Crippen molar-refractivity contribution in [3.05, 3.63) is 35.5 Å². The number of aliphatic hydroxyl groups excluding tert-OH is 2. The van der Waals surface area contributed by atoms with Gasteiger partial charge in [-0.2, -0.15) is 0 Å². The van der Waals surface area contributed by atoms with Crippen molar-refractivity contribution in [2.45, 2.75) is 18.6 Å². The molecule has 0 aliphatic carbocycles. The first kappa shape index (κ1) is 15.5. The Labute approximate surface area is 122 Å². The highest BCUT2D eigenvalue weighted by Gasteiger charge is 2.19. The maximum absolute atomic E-state index is 11.5. The van der Waals surface area contributed by atoms with Crippen LogP contribution < -0.4 is 5.32 Å². The van der Waals surface area contributed by atoms with Gasteiger partial charge in [0.1, 0.15) is 11.8 Å². The number of aromatic nitrogens is 1. The largest absolute Gasteiger partial charge is 0.464 e. The zero-order valence-electron chi connectivity index (χ0n) is 12.1. The summed E-state index contributed by atoms with van der Waals surface area (Å²) < 4.78 is 4.66. The van der Waals surface area contributed by atoms with E-state index in [4.69, 9.17) is 0 Å². The maximum Gasteiger partial charge on any atom is 0.354 e. The Morgan fingerprint density at radius 3 is 2.81 bits per heavy atom. The van der Waals surface area contributed by atoms with Gasteiger partial charge in [-0.05, 0) is 37.7 Å². The number of hydrogen-bond donors (Lipinski definition) is 4. The minimum absolute atomic E-state index is 0.356. The standard InChI is InChI=1S/C15H20N2O4/c1-16-6-5-13(18)14(19)10-4-3-9-7-12(15(20)21-2)17-11(9)8-10/h3-4,7-8,13-14,16-19H,5-6H2,1-2H3. The summed E-state index contributed by atoms with van der Waals surface area (Å²) >= 11 is 0. The Balaban J connectivity index is 2.23. The van der Waals surface area contributed by atoms with Crippen LogP contribution in [0.2, 0.25) is 0 Å². The highest BCUT2D eigenvalue weighted by Crippen LogP contribution is 2.24. The topological polar surface area (TPSA) is 94.6 Å². The molecule has 1 aromatic heterocycles. The van der Waals surface area contributed by atoms with Gasteiger partial charge in [-0.3, -0.25) is 0 Å². The van der Waals surface area contributed by atoms with Crippen LogP contribution in [-0.4, -0.2) is 48.0 Å². The van der Waals surface area contributed by atoms with Crippen molar-refractivity contribution in [3.63, 3.8) is 0 Å². The minimum Gasteiger partial charge on any atom is -0.464 e. The Morgan fingerprint density at radius 1 is 1.38 bits per heavy atom. The number of hydrogen-bond acceptors (Lipinski definition) is 5. The molecule has 0 amide bonds. The average molecular weight is 292 g/mol. The SMILES string of the molecule is CNCCC(O)C(O)c1ccc2cc(C(=O)OC)[nH]c2c1. The van der Waals surface area contributed by atoms with Gasteiger partial charge in [0.15, 0.2) is 0 Å². The van der Waals surface area contributed by atoms with Gasteiger partial charge in [0.2, 0.25) is 0 Å². The van der Waals surface area contributed by atoms with Crippen LogP contribution in [0.3, 0.4) is 0 Å². The summed E-state index contributed by atoms with van der Waals surface area (Å²) in [5.74, 6) is -0.442. The van der Waals surface area contributed by atoms with Crippen LogP contribution in [0.5, 0.6) is 0 Å². The predicted octanol–water partition coefficient (Wildman–Crippen LogP) is 0.958. The molecular weight excluding hydrogens is 272 g/mol. The molecule has 0 saturated heterocycles. The molecule has 0 aliphatic heterocycles. The summed E-state index contributed by atoms with van der Waals surface area (Å²) in [6.07, 6.45) is -1.36. The van der Waals surface area contributed by atoms with Gasteiger partial charge in [0.25, 0.3) is 0 Å². The number of esters is 1. The molecule has 0 bridgehead atoms. The summed E-state index contributed by atoms with van der Waals surface area (Å²) in [6.45, 7) is 0.620. The fourth-order valence-corrected chi connectivity index (χ4v) is 2.22. The van der Waals surface area contributed by atoms with E-state index in [0.717, 1.165) is 5.39 Å². The first-order valence-corrected chi connectivity index (χ1v) is 6.78. The number of methoxy groups -OCH3 is 1. The van der Waals surface area contributed by atoms with E-state index in [2.05, 4.69) is 15.0 Å². The molecule has 1 heterocycles. The molecule has 0 saturated carbocycles. The molecule has 114 valence electrons. The third kappa shape index (κ3) is 3.41. The quantitative estimate of drug-likeness (QED) is 0.595. The second kappa shape index (κ2) is 6.71. The lowest BCUT2D eigenvalue weighted by atomic mass is 10.0. The fraction of sp³-hybridized carbons (Fsp3) is 0.400. The molecule has 1 aromatic carbocycles. The summed E-state index contributed by atoms with van der Waals surface area (Å²) in [5, 5.41) is 23.9. The lowest BCUT2D eigenvalue weighted by molar-refractivity contribution is 0.0141. The molecule has 21 heavy (non-hydrogen) atoms. The summed E-state index contributed by atoms with van der Waals surface area (Å²) in [5.41, 5.74) is 1.67. The lowest BCUT2D eigenvalue weighted by Crippen LogP contribution is -2.23. The van der Waals surface area contributed by atoms with Crippen LogP contribution in [0.15, 0.2) is 24.3 Å². The van der Waals surface area contributed by atoms with E-state index < -0.39 is 18.2 Å². The third-order valence-corrected chi connectivity index (χ3v) is 3.45. The van der Waals surface area contributed by atoms with Gasteiger partial charge in [0.05, 0.1) is 13.2 Å². The summed E-state index contributed by atoms with van der Waals surface area (Å²) in [4.78, 5) is 14.4. The first-order valence-electron chi connectivity index (χ1n) is 6.78. The van der Waals surface area contributed by atoms with Crippen molar-refractivity contribution >= 4 is 16.9 Å². The van der Waals surface area contributed by atoms with Crippen molar-refractivity contribution < 1.29 is 19.7 Å². The molecule has 2 rings (SSSR count). The van der Waals surface area contributed by atoms with Crippen molar-refractivity contribution in [2.75, 3.05) is 20.7 Å². The van der Waals surface area contributed by atoms with Crippen LogP contribution in [-0.2, 0) is 4.74 Å². The van der Waals surface area contributed by atoms with Crippen LogP contribution >= 0.6 is 0 Å². The smallest absolute Gasteiger partial charge is 0.354 e. The van der Waals surface area contributed by atoms with Crippen LogP contribution in [0.1, 0.15) is 28.6 Å². The number of carbonyl (C=O) groups excluding carboxylic acids is 1.